The topological polar surface area (TPSA) is 63.3 Å². The van der Waals surface area contributed by atoms with Crippen molar-refractivity contribution in [2.45, 2.75) is 19.4 Å². The summed E-state index contributed by atoms with van der Waals surface area (Å²) in [6, 6.07) is -0.681. The molecule has 0 aromatic rings. The molecule has 0 saturated heterocycles. The fourth-order valence-corrected chi connectivity index (χ4v) is 0.175. The largest absolute Gasteiger partial charge is 0.480 e. The molecule has 0 spiro atoms. The minimum Gasteiger partial charge on any atom is -0.480 e. The van der Waals surface area contributed by atoms with Crippen molar-refractivity contribution in [1.82, 2.24) is 0 Å². The Morgan fingerprint density at radius 1 is 1.88 bits per heavy atom. The zero-order valence-electron chi connectivity index (χ0n) is 4.22. The molecule has 48 valence electrons. The van der Waals surface area contributed by atoms with Crippen LogP contribution >= 0.6 is 0 Å². The van der Waals surface area contributed by atoms with E-state index in [-0.39, 0.29) is 17.4 Å². The highest BCUT2D eigenvalue weighted by Gasteiger charge is 2.05. The third kappa shape index (κ3) is 4.13. The molecular formula is C4H12AlNO2. The predicted octanol–water partition coefficient (Wildman–Crippen LogP) is -1.38. The number of aliphatic carboxylic acids is 1. The maximum absolute atomic E-state index is 9.81. The maximum Gasteiger partial charge on any atom is 0.320 e. The van der Waals surface area contributed by atoms with Gasteiger partial charge in [-0.1, -0.05) is 6.92 Å². The van der Waals surface area contributed by atoms with Gasteiger partial charge in [-0.25, -0.2) is 0 Å². The van der Waals surface area contributed by atoms with Crippen LogP contribution in [-0.4, -0.2) is 34.5 Å². The molecule has 0 aromatic heterocycles. The molecular weight excluding hydrogens is 121 g/mol. The Hall–Kier alpha value is -0.0375. The van der Waals surface area contributed by atoms with Gasteiger partial charge in [0, 0.05) is 0 Å². The molecule has 0 amide bonds. The average molecular weight is 133 g/mol. The molecule has 1 atom stereocenters. The minimum absolute atomic E-state index is 0. The van der Waals surface area contributed by atoms with Crippen LogP contribution in [-0.2, 0) is 4.79 Å². The van der Waals surface area contributed by atoms with E-state index >= 15 is 0 Å². The van der Waals surface area contributed by atoms with Crippen LogP contribution in [0.15, 0.2) is 0 Å². The number of carboxylic acids is 1. The van der Waals surface area contributed by atoms with Gasteiger partial charge >= 0.3 is 5.97 Å². The Labute approximate surface area is 59.0 Å². The van der Waals surface area contributed by atoms with E-state index < -0.39 is 12.0 Å². The van der Waals surface area contributed by atoms with Gasteiger partial charge in [0.1, 0.15) is 6.04 Å². The number of nitrogens with two attached hydrogens (primary N) is 1. The SMILES string of the molecule is CCC(N)C(=O)O.[AlH3]. The van der Waals surface area contributed by atoms with E-state index in [2.05, 4.69) is 0 Å². The smallest absolute Gasteiger partial charge is 0.320 e. The Morgan fingerprint density at radius 3 is 2.25 bits per heavy atom. The van der Waals surface area contributed by atoms with Crippen molar-refractivity contribution in [2.75, 3.05) is 0 Å². The van der Waals surface area contributed by atoms with E-state index in [1.165, 1.54) is 0 Å². The number of hydrogen-bond acceptors (Lipinski definition) is 2. The number of carboxylic acid groups (broad SMARTS) is 1. The summed E-state index contributed by atoms with van der Waals surface area (Å²) in [5.41, 5.74) is 5.02. The van der Waals surface area contributed by atoms with Gasteiger partial charge in [0.05, 0.1) is 0 Å². The summed E-state index contributed by atoms with van der Waals surface area (Å²) < 4.78 is 0. The second kappa shape index (κ2) is 5.11. The molecule has 1 unspecified atom stereocenters. The van der Waals surface area contributed by atoms with Gasteiger partial charge in [-0.3, -0.25) is 4.79 Å². The molecule has 3 N–H and O–H groups in total. The van der Waals surface area contributed by atoms with Crippen molar-refractivity contribution in [1.29, 1.82) is 0 Å². The lowest BCUT2D eigenvalue weighted by atomic mass is 10.2. The Kier molecular flexibility index (Phi) is 6.93. The fourth-order valence-electron chi connectivity index (χ4n) is 0.175. The molecule has 3 nitrogen and oxygen atoms in total. The molecule has 0 rings (SSSR count). The van der Waals surface area contributed by atoms with Crippen molar-refractivity contribution >= 4 is 23.3 Å². The van der Waals surface area contributed by atoms with Gasteiger partial charge in [0.25, 0.3) is 0 Å². The molecule has 8 heavy (non-hydrogen) atoms. The quantitative estimate of drug-likeness (QED) is 0.456. The van der Waals surface area contributed by atoms with E-state index in [1.54, 1.807) is 6.92 Å². The average Bonchev–Trinajstić information content (AvgIpc) is 1.65. The first-order valence-corrected chi connectivity index (χ1v) is 2.17. The fraction of sp³-hybridized carbons (Fsp3) is 0.750. The summed E-state index contributed by atoms with van der Waals surface area (Å²) in [7, 11) is 0. The highest BCUT2D eigenvalue weighted by Crippen LogP contribution is 1.82. The summed E-state index contributed by atoms with van der Waals surface area (Å²) >= 11 is 0. The lowest BCUT2D eigenvalue weighted by Crippen LogP contribution is -2.28. The van der Waals surface area contributed by atoms with Gasteiger partial charge in [-0.05, 0) is 6.42 Å². The van der Waals surface area contributed by atoms with Crippen LogP contribution in [0.3, 0.4) is 0 Å². The summed E-state index contributed by atoms with van der Waals surface area (Å²) in [6.07, 6.45) is 0.495. The van der Waals surface area contributed by atoms with Crippen LogP contribution in [0.5, 0.6) is 0 Å². The van der Waals surface area contributed by atoms with Gasteiger partial charge in [-0.15, -0.1) is 0 Å². The van der Waals surface area contributed by atoms with Gasteiger partial charge in [0.15, 0.2) is 17.4 Å². The van der Waals surface area contributed by atoms with Gasteiger partial charge in [-0.2, -0.15) is 0 Å². The number of hydrogen-bond donors (Lipinski definition) is 2. The highest BCUT2D eigenvalue weighted by molar-refractivity contribution is 5.75. The van der Waals surface area contributed by atoms with Crippen LogP contribution < -0.4 is 5.73 Å². The van der Waals surface area contributed by atoms with E-state index in [9.17, 15) is 4.79 Å². The summed E-state index contributed by atoms with van der Waals surface area (Å²) in [5, 5.41) is 8.06. The third-order valence-corrected chi connectivity index (χ3v) is 0.757. The maximum atomic E-state index is 9.81. The van der Waals surface area contributed by atoms with Crippen molar-refractivity contribution in [3.8, 4) is 0 Å². The van der Waals surface area contributed by atoms with Crippen molar-refractivity contribution < 1.29 is 9.90 Å². The minimum atomic E-state index is -0.928. The zero-order chi connectivity index (χ0) is 5.86. The summed E-state index contributed by atoms with van der Waals surface area (Å²) in [4.78, 5) is 9.81. The molecule has 0 bridgehead atoms. The molecule has 0 saturated carbocycles. The molecule has 4 heteroatoms. The molecule has 0 aliphatic carbocycles. The first kappa shape index (κ1) is 10.9. The van der Waals surface area contributed by atoms with E-state index in [0.29, 0.717) is 6.42 Å². The molecule has 0 aromatic carbocycles. The Balaban J connectivity index is 0. The summed E-state index contributed by atoms with van der Waals surface area (Å²) in [6.45, 7) is 1.73. The van der Waals surface area contributed by atoms with Crippen molar-refractivity contribution in [3.05, 3.63) is 0 Å². The number of carbonyl (C=O) groups is 1. The van der Waals surface area contributed by atoms with Crippen LogP contribution in [0, 0.1) is 0 Å². The summed E-state index contributed by atoms with van der Waals surface area (Å²) in [5.74, 6) is -0.928. The van der Waals surface area contributed by atoms with Crippen LogP contribution in [0.25, 0.3) is 0 Å². The lowest BCUT2D eigenvalue weighted by molar-refractivity contribution is -0.138. The zero-order valence-corrected chi connectivity index (χ0v) is 4.22. The monoisotopic (exact) mass is 133 g/mol. The molecule has 0 radical (unpaired) electrons. The van der Waals surface area contributed by atoms with E-state index in [0.717, 1.165) is 0 Å². The number of rotatable bonds is 2. The predicted molar refractivity (Wildman–Crippen MR) is 35.8 cm³/mol. The third-order valence-electron chi connectivity index (χ3n) is 0.757. The second-order valence-corrected chi connectivity index (χ2v) is 1.35. The van der Waals surface area contributed by atoms with E-state index in [4.69, 9.17) is 10.8 Å². The van der Waals surface area contributed by atoms with Crippen LogP contribution in [0.2, 0.25) is 0 Å². The first-order valence-electron chi connectivity index (χ1n) is 2.17. The molecule has 0 heterocycles. The molecule has 0 aliphatic heterocycles. The molecule has 0 aliphatic rings. The van der Waals surface area contributed by atoms with Gasteiger partial charge in [0.2, 0.25) is 0 Å². The van der Waals surface area contributed by atoms with E-state index in [1.807, 2.05) is 0 Å². The van der Waals surface area contributed by atoms with Crippen molar-refractivity contribution in [2.24, 2.45) is 5.73 Å². The van der Waals surface area contributed by atoms with Crippen molar-refractivity contribution in [3.63, 3.8) is 0 Å². The second-order valence-electron chi connectivity index (χ2n) is 1.35. The normalized spacial score (nSPS) is 11.8. The first-order chi connectivity index (χ1) is 3.18. The highest BCUT2D eigenvalue weighted by atomic mass is 27.0. The lowest BCUT2D eigenvalue weighted by Gasteiger charge is -1.97. The van der Waals surface area contributed by atoms with Crippen LogP contribution in [0.1, 0.15) is 13.3 Å². The van der Waals surface area contributed by atoms with Gasteiger partial charge < -0.3 is 10.8 Å². The molecule has 0 fully saturated rings. The standard InChI is InChI=1S/C4H9NO2.Al.3H/c1-2-3(5)4(6)7;;;;/h3H,2,5H2,1H3,(H,6,7);;;;. The Morgan fingerprint density at radius 2 is 2.25 bits per heavy atom. The Bertz CT molecular complexity index is 76.4. The van der Waals surface area contributed by atoms with Crippen LogP contribution in [0.4, 0.5) is 0 Å².